The molecule has 0 unspecified atom stereocenters. The van der Waals surface area contributed by atoms with Crippen molar-refractivity contribution < 1.29 is 17.4 Å². The number of carbonyl (C=O) groups is 1. The highest BCUT2D eigenvalue weighted by Crippen LogP contribution is 2.40. The molecular weight excluding hydrogens is 240 g/mol. The van der Waals surface area contributed by atoms with Crippen molar-refractivity contribution in [1.29, 1.82) is 0 Å². The van der Waals surface area contributed by atoms with Crippen LogP contribution >= 0.6 is 0 Å². The van der Waals surface area contributed by atoms with Crippen LogP contribution in [0, 0.1) is 5.41 Å². The molecule has 0 spiro atoms. The molecule has 100 valence electrons. The minimum Gasteiger partial charge on any atom is -0.296 e. The Morgan fingerprint density at radius 2 is 2.06 bits per heavy atom. The summed E-state index contributed by atoms with van der Waals surface area (Å²) in [6.07, 6.45) is 5.58. The van der Waals surface area contributed by atoms with Gasteiger partial charge in [0.15, 0.2) is 5.78 Å². The van der Waals surface area contributed by atoms with Crippen LogP contribution in [0.15, 0.2) is 0 Å². The van der Waals surface area contributed by atoms with Gasteiger partial charge in [-0.05, 0) is 19.3 Å². The van der Waals surface area contributed by atoms with Gasteiger partial charge in [-0.3, -0.25) is 8.98 Å². The third kappa shape index (κ3) is 4.07. The van der Waals surface area contributed by atoms with E-state index in [1.54, 1.807) is 0 Å². The highest BCUT2D eigenvalue weighted by molar-refractivity contribution is 7.86. The maximum atomic E-state index is 12.1. The largest absolute Gasteiger partial charge is 0.296 e. The molecule has 1 aliphatic rings. The summed E-state index contributed by atoms with van der Waals surface area (Å²) in [5, 5.41) is 0. The quantitative estimate of drug-likeness (QED) is 0.544. The molecule has 17 heavy (non-hydrogen) atoms. The number of Topliss-reactive ketones (excluding diaryl/α,β-unsaturated/α-hetero) is 1. The number of carbonyl (C=O) groups excluding carboxylic acids is 1. The van der Waals surface area contributed by atoms with E-state index in [9.17, 15) is 13.2 Å². The van der Waals surface area contributed by atoms with Gasteiger partial charge in [0.1, 0.15) is 6.10 Å². The van der Waals surface area contributed by atoms with Gasteiger partial charge >= 0.3 is 0 Å². The van der Waals surface area contributed by atoms with Crippen LogP contribution in [-0.2, 0) is 19.1 Å². The lowest BCUT2D eigenvalue weighted by molar-refractivity contribution is -0.130. The van der Waals surface area contributed by atoms with Crippen molar-refractivity contribution in [2.24, 2.45) is 5.41 Å². The molecule has 5 heteroatoms. The standard InChI is InChI=1S/C12H22O4S/c1-4-5-6-8-12(2)9-7-10(11(12)13)16-17(3,14)15/h10H,4-9H2,1-3H3/t10-,12-/m0/s1. The second-order valence-electron chi connectivity index (χ2n) is 5.21. The zero-order valence-corrected chi connectivity index (χ0v) is 11.7. The van der Waals surface area contributed by atoms with Crippen LogP contribution in [0.1, 0.15) is 52.4 Å². The minimum absolute atomic E-state index is 0.0426. The fourth-order valence-corrected chi connectivity index (χ4v) is 3.01. The smallest absolute Gasteiger partial charge is 0.265 e. The molecule has 0 aromatic heterocycles. The molecule has 1 fully saturated rings. The van der Waals surface area contributed by atoms with E-state index in [4.69, 9.17) is 4.18 Å². The molecule has 1 aliphatic carbocycles. The molecule has 1 rings (SSSR count). The molecule has 0 aromatic carbocycles. The Balaban J connectivity index is 2.59. The van der Waals surface area contributed by atoms with Crippen LogP contribution in [0.4, 0.5) is 0 Å². The topological polar surface area (TPSA) is 60.4 Å². The van der Waals surface area contributed by atoms with Gasteiger partial charge in [-0.15, -0.1) is 0 Å². The lowest BCUT2D eigenvalue weighted by Gasteiger charge is -2.22. The molecule has 0 saturated heterocycles. The molecule has 0 aliphatic heterocycles. The monoisotopic (exact) mass is 262 g/mol. The van der Waals surface area contributed by atoms with E-state index in [1.165, 1.54) is 0 Å². The third-order valence-electron chi connectivity index (χ3n) is 3.47. The molecule has 0 amide bonds. The number of hydrogen-bond acceptors (Lipinski definition) is 4. The maximum Gasteiger partial charge on any atom is 0.265 e. The van der Waals surface area contributed by atoms with E-state index in [1.807, 2.05) is 6.92 Å². The van der Waals surface area contributed by atoms with Gasteiger partial charge < -0.3 is 0 Å². The first-order valence-corrected chi connectivity index (χ1v) is 8.03. The molecule has 0 aromatic rings. The van der Waals surface area contributed by atoms with Crippen molar-refractivity contribution >= 4 is 15.9 Å². The van der Waals surface area contributed by atoms with Crippen LogP contribution in [0.5, 0.6) is 0 Å². The van der Waals surface area contributed by atoms with Crippen LogP contribution in [0.25, 0.3) is 0 Å². The zero-order valence-electron chi connectivity index (χ0n) is 10.9. The zero-order chi connectivity index (χ0) is 13.1. The highest BCUT2D eigenvalue weighted by atomic mass is 32.2. The fourth-order valence-electron chi connectivity index (χ4n) is 2.41. The summed E-state index contributed by atoms with van der Waals surface area (Å²) in [5.41, 5.74) is -0.384. The van der Waals surface area contributed by atoms with Crippen LogP contribution in [0.3, 0.4) is 0 Å². The molecule has 1 saturated carbocycles. The van der Waals surface area contributed by atoms with Crippen molar-refractivity contribution in [2.45, 2.75) is 58.5 Å². The maximum absolute atomic E-state index is 12.1. The Hall–Kier alpha value is -0.420. The van der Waals surface area contributed by atoms with E-state index in [-0.39, 0.29) is 11.2 Å². The summed E-state index contributed by atoms with van der Waals surface area (Å²) in [6, 6.07) is 0. The number of rotatable bonds is 6. The molecule has 4 nitrogen and oxygen atoms in total. The predicted octanol–water partition coefficient (Wildman–Crippen LogP) is 2.28. The lowest BCUT2D eigenvalue weighted by Crippen LogP contribution is -2.31. The molecule has 0 N–H and O–H groups in total. The predicted molar refractivity (Wildman–Crippen MR) is 66.2 cm³/mol. The van der Waals surface area contributed by atoms with Gasteiger partial charge in [0.2, 0.25) is 0 Å². The van der Waals surface area contributed by atoms with E-state index in [0.29, 0.717) is 6.42 Å². The highest BCUT2D eigenvalue weighted by Gasteiger charge is 2.45. The van der Waals surface area contributed by atoms with Gasteiger partial charge in [0.05, 0.1) is 6.26 Å². The Kier molecular flexibility index (Phi) is 4.72. The van der Waals surface area contributed by atoms with Crippen LogP contribution in [0.2, 0.25) is 0 Å². The SMILES string of the molecule is CCCCC[C@@]1(C)CC[C@H](OS(C)(=O)=O)C1=O. The Morgan fingerprint density at radius 3 is 2.59 bits per heavy atom. The number of hydrogen-bond donors (Lipinski definition) is 0. The Morgan fingerprint density at radius 1 is 1.41 bits per heavy atom. The molecule has 0 radical (unpaired) electrons. The summed E-state index contributed by atoms with van der Waals surface area (Å²) < 4.78 is 26.9. The van der Waals surface area contributed by atoms with Crippen molar-refractivity contribution in [3.05, 3.63) is 0 Å². The van der Waals surface area contributed by atoms with Crippen molar-refractivity contribution in [3.63, 3.8) is 0 Å². The van der Waals surface area contributed by atoms with Gasteiger partial charge in [-0.25, -0.2) is 0 Å². The minimum atomic E-state index is -3.54. The van der Waals surface area contributed by atoms with Crippen molar-refractivity contribution in [3.8, 4) is 0 Å². The van der Waals surface area contributed by atoms with Gasteiger partial charge in [0, 0.05) is 5.41 Å². The second kappa shape index (κ2) is 5.48. The fraction of sp³-hybridized carbons (Fsp3) is 0.917. The summed E-state index contributed by atoms with van der Waals surface area (Å²) in [5.74, 6) is -0.0426. The first-order valence-electron chi connectivity index (χ1n) is 6.21. The average Bonchev–Trinajstić information content (AvgIpc) is 2.45. The lowest BCUT2D eigenvalue weighted by atomic mass is 9.82. The van der Waals surface area contributed by atoms with E-state index >= 15 is 0 Å². The Bertz CT molecular complexity index is 374. The number of unbranched alkanes of at least 4 members (excludes halogenated alkanes) is 2. The number of ketones is 1. The first kappa shape index (κ1) is 14.6. The normalized spacial score (nSPS) is 29.8. The molecule has 0 bridgehead atoms. The van der Waals surface area contributed by atoms with Gasteiger partial charge in [-0.2, -0.15) is 8.42 Å². The average molecular weight is 262 g/mol. The Labute approximate surface area is 104 Å². The van der Waals surface area contributed by atoms with E-state index in [0.717, 1.165) is 38.4 Å². The summed E-state index contributed by atoms with van der Waals surface area (Å²) in [6.45, 7) is 4.05. The molecule has 0 heterocycles. The summed E-state index contributed by atoms with van der Waals surface area (Å²) >= 11 is 0. The second-order valence-corrected chi connectivity index (χ2v) is 6.81. The summed E-state index contributed by atoms with van der Waals surface area (Å²) in [7, 11) is -3.54. The van der Waals surface area contributed by atoms with E-state index < -0.39 is 16.2 Å². The van der Waals surface area contributed by atoms with Crippen molar-refractivity contribution in [2.75, 3.05) is 6.26 Å². The van der Waals surface area contributed by atoms with Crippen LogP contribution < -0.4 is 0 Å². The van der Waals surface area contributed by atoms with Gasteiger partial charge in [-0.1, -0.05) is 33.1 Å². The molecular formula is C12H22O4S. The molecule has 2 atom stereocenters. The first-order chi connectivity index (χ1) is 7.78. The third-order valence-corrected chi connectivity index (χ3v) is 4.05. The summed E-state index contributed by atoms with van der Waals surface area (Å²) in [4.78, 5) is 12.1. The van der Waals surface area contributed by atoms with Gasteiger partial charge in [0.25, 0.3) is 10.1 Å². The van der Waals surface area contributed by atoms with Crippen molar-refractivity contribution in [1.82, 2.24) is 0 Å². The van der Waals surface area contributed by atoms with E-state index in [2.05, 4.69) is 6.92 Å². The van der Waals surface area contributed by atoms with Crippen LogP contribution in [-0.4, -0.2) is 26.6 Å².